The highest BCUT2D eigenvalue weighted by atomic mass is 32.2. The molecule has 0 radical (unpaired) electrons. The van der Waals surface area contributed by atoms with Gasteiger partial charge in [-0.1, -0.05) is 89.1 Å². The molecule has 1 atom stereocenters. The number of hydrogen-bond donors (Lipinski definition) is 0. The molecule has 0 aliphatic carbocycles. The van der Waals surface area contributed by atoms with E-state index in [9.17, 15) is 4.79 Å². The first-order valence-corrected chi connectivity index (χ1v) is 15.3. The minimum Gasteiger partial charge on any atom is -0.494 e. The van der Waals surface area contributed by atoms with Crippen molar-refractivity contribution in [3.63, 3.8) is 0 Å². The summed E-state index contributed by atoms with van der Waals surface area (Å²) < 4.78 is 8.43. The number of thioether (sulfide) groups is 1. The summed E-state index contributed by atoms with van der Waals surface area (Å²) in [6, 6.07) is 18.1. The van der Waals surface area contributed by atoms with Crippen LogP contribution in [0.4, 0.5) is 0 Å². The molecular weight excluding hydrogens is 523 g/mol. The number of aromatic nitrogens is 2. The van der Waals surface area contributed by atoms with Crippen molar-refractivity contribution in [3.05, 3.63) is 71.3 Å². The van der Waals surface area contributed by atoms with E-state index in [1.807, 2.05) is 71.6 Å². The van der Waals surface area contributed by atoms with Crippen LogP contribution < -0.4 is 4.74 Å². The Bertz CT molecular complexity index is 1280. The molecular formula is C32H39N3O2S2. The smallest absolute Gasteiger partial charge is 0.266 e. The highest BCUT2D eigenvalue weighted by Crippen LogP contribution is 2.36. The molecule has 0 saturated carbocycles. The molecule has 206 valence electrons. The van der Waals surface area contributed by atoms with Crippen LogP contribution in [0.5, 0.6) is 5.75 Å². The maximum Gasteiger partial charge on any atom is 0.266 e. The Hall–Kier alpha value is -2.90. The van der Waals surface area contributed by atoms with Gasteiger partial charge in [0, 0.05) is 23.9 Å². The number of thiocarbonyl (C=S) groups is 1. The molecule has 0 N–H and O–H groups in total. The first kappa shape index (κ1) is 29.1. The lowest BCUT2D eigenvalue weighted by atomic mass is 9.99. The largest absolute Gasteiger partial charge is 0.494 e. The maximum atomic E-state index is 13.5. The molecule has 5 nitrogen and oxygen atoms in total. The summed E-state index contributed by atoms with van der Waals surface area (Å²) >= 11 is 7.04. The maximum absolute atomic E-state index is 13.5. The zero-order valence-corrected chi connectivity index (χ0v) is 25.1. The second-order valence-corrected chi connectivity index (χ2v) is 12.2. The molecule has 1 aliphatic rings. The fourth-order valence-electron chi connectivity index (χ4n) is 4.53. The van der Waals surface area contributed by atoms with Crippen molar-refractivity contribution in [2.45, 2.75) is 59.8 Å². The Balaban J connectivity index is 1.62. The van der Waals surface area contributed by atoms with Gasteiger partial charge in [0.2, 0.25) is 0 Å². The Morgan fingerprint density at radius 2 is 1.79 bits per heavy atom. The summed E-state index contributed by atoms with van der Waals surface area (Å²) in [5.74, 6) is 1.90. The van der Waals surface area contributed by atoms with Gasteiger partial charge in [-0.05, 0) is 67.2 Å². The molecule has 1 fully saturated rings. The highest BCUT2D eigenvalue weighted by molar-refractivity contribution is 8.26. The minimum absolute atomic E-state index is 0.00717. The SMILES string of the molecule is CCCC[C@@H](CC)CN1C(=O)/C(=C/c2cn(-c3ccccc3)nc2-c2ccc(OCCC(C)C)cc2)SC1=S. The number of carbonyl (C=O) groups is 1. The lowest BCUT2D eigenvalue weighted by Crippen LogP contribution is -2.33. The number of hydrogen-bond acceptors (Lipinski definition) is 5. The fraction of sp³-hybridized carbons (Fsp3) is 0.406. The Labute approximate surface area is 242 Å². The van der Waals surface area contributed by atoms with Crippen LogP contribution in [0.15, 0.2) is 65.7 Å². The number of rotatable bonds is 13. The topological polar surface area (TPSA) is 47.4 Å². The first-order chi connectivity index (χ1) is 18.9. The predicted molar refractivity (Wildman–Crippen MR) is 167 cm³/mol. The van der Waals surface area contributed by atoms with Crippen LogP contribution >= 0.6 is 24.0 Å². The predicted octanol–water partition coefficient (Wildman–Crippen LogP) is 8.38. The molecule has 2 aromatic carbocycles. The third kappa shape index (κ3) is 7.61. The van der Waals surface area contributed by atoms with E-state index in [0.717, 1.165) is 53.9 Å². The third-order valence-corrected chi connectivity index (χ3v) is 8.38. The van der Waals surface area contributed by atoms with E-state index in [4.69, 9.17) is 22.1 Å². The summed E-state index contributed by atoms with van der Waals surface area (Å²) in [6.45, 7) is 10.2. The second-order valence-electron chi connectivity index (χ2n) is 10.5. The van der Waals surface area contributed by atoms with Gasteiger partial charge in [-0.3, -0.25) is 9.69 Å². The summed E-state index contributed by atoms with van der Waals surface area (Å²) in [5, 5.41) is 4.93. The van der Waals surface area contributed by atoms with E-state index in [2.05, 4.69) is 27.7 Å². The number of benzene rings is 2. The standard InChI is InChI=1S/C32H39N3O2S2/c1-5-7-11-24(6-2)21-34-31(36)29(39-32(34)38)20-26-22-35(27-12-9-8-10-13-27)33-30(26)25-14-16-28(17-15-25)37-19-18-23(3)4/h8-10,12-17,20,22-24H,5-7,11,18-19,21H2,1-4H3/b29-20-/t24-/m1/s1. The minimum atomic E-state index is -0.00717. The molecule has 39 heavy (non-hydrogen) atoms. The van der Waals surface area contributed by atoms with Gasteiger partial charge in [0.15, 0.2) is 0 Å². The van der Waals surface area contributed by atoms with Crippen LogP contribution in [-0.4, -0.2) is 38.1 Å². The average molecular weight is 562 g/mol. The van der Waals surface area contributed by atoms with Crippen LogP contribution in [-0.2, 0) is 4.79 Å². The summed E-state index contributed by atoms with van der Waals surface area (Å²) in [4.78, 5) is 15.9. The van der Waals surface area contributed by atoms with Crippen LogP contribution in [0.1, 0.15) is 65.4 Å². The molecule has 3 aromatic rings. The summed E-state index contributed by atoms with van der Waals surface area (Å²) in [5.41, 5.74) is 3.62. The molecule has 2 heterocycles. The van der Waals surface area contributed by atoms with E-state index in [-0.39, 0.29) is 5.91 Å². The first-order valence-electron chi connectivity index (χ1n) is 14.0. The Morgan fingerprint density at radius 3 is 2.46 bits per heavy atom. The van der Waals surface area contributed by atoms with Crippen molar-refractivity contribution in [2.75, 3.05) is 13.2 Å². The lowest BCUT2D eigenvalue weighted by Gasteiger charge is -2.21. The molecule has 1 aromatic heterocycles. The van der Waals surface area contributed by atoms with Crippen molar-refractivity contribution < 1.29 is 9.53 Å². The van der Waals surface area contributed by atoms with Crippen molar-refractivity contribution in [2.24, 2.45) is 11.8 Å². The zero-order valence-electron chi connectivity index (χ0n) is 23.4. The van der Waals surface area contributed by atoms with Crippen molar-refractivity contribution >= 4 is 40.3 Å². The van der Waals surface area contributed by atoms with Crippen LogP contribution in [0.3, 0.4) is 0 Å². The van der Waals surface area contributed by atoms with Gasteiger partial charge in [-0.25, -0.2) is 4.68 Å². The molecule has 0 unspecified atom stereocenters. The van der Waals surface area contributed by atoms with Gasteiger partial charge in [-0.15, -0.1) is 0 Å². The number of para-hydroxylation sites is 1. The van der Waals surface area contributed by atoms with Gasteiger partial charge in [0.1, 0.15) is 10.1 Å². The summed E-state index contributed by atoms with van der Waals surface area (Å²) in [6.07, 6.45) is 9.45. The van der Waals surface area contributed by atoms with Crippen LogP contribution in [0.25, 0.3) is 23.0 Å². The number of nitrogens with zero attached hydrogens (tertiary/aromatic N) is 3. The number of carbonyl (C=O) groups excluding carboxylic acids is 1. The Kier molecular flexibility index (Phi) is 10.4. The van der Waals surface area contributed by atoms with Crippen molar-refractivity contribution in [1.29, 1.82) is 0 Å². The molecule has 1 amide bonds. The lowest BCUT2D eigenvalue weighted by molar-refractivity contribution is -0.122. The van der Waals surface area contributed by atoms with Crippen LogP contribution in [0, 0.1) is 11.8 Å². The normalized spacial score (nSPS) is 15.5. The molecule has 0 spiro atoms. The fourth-order valence-corrected chi connectivity index (χ4v) is 5.79. The molecule has 7 heteroatoms. The highest BCUT2D eigenvalue weighted by Gasteiger charge is 2.33. The van der Waals surface area contributed by atoms with Gasteiger partial charge in [0.25, 0.3) is 5.91 Å². The molecule has 1 saturated heterocycles. The second kappa shape index (κ2) is 13.9. The van der Waals surface area contributed by atoms with Crippen molar-refractivity contribution in [1.82, 2.24) is 14.7 Å². The van der Waals surface area contributed by atoms with E-state index in [1.165, 1.54) is 18.2 Å². The quantitative estimate of drug-likeness (QED) is 0.155. The number of amides is 1. The van der Waals surface area contributed by atoms with E-state index in [0.29, 0.717) is 34.2 Å². The van der Waals surface area contributed by atoms with Crippen LogP contribution in [0.2, 0.25) is 0 Å². The van der Waals surface area contributed by atoms with Gasteiger partial charge >= 0.3 is 0 Å². The van der Waals surface area contributed by atoms with E-state index >= 15 is 0 Å². The monoisotopic (exact) mass is 561 g/mol. The average Bonchev–Trinajstić information content (AvgIpc) is 3.47. The van der Waals surface area contributed by atoms with Gasteiger partial charge in [0.05, 0.1) is 22.9 Å². The van der Waals surface area contributed by atoms with Gasteiger partial charge in [-0.2, -0.15) is 5.10 Å². The number of ether oxygens (including phenoxy) is 1. The van der Waals surface area contributed by atoms with E-state index < -0.39 is 0 Å². The third-order valence-electron chi connectivity index (χ3n) is 7.00. The molecule has 4 rings (SSSR count). The van der Waals surface area contributed by atoms with Gasteiger partial charge < -0.3 is 4.74 Å². The van der Waals surface area contributed by atoms with Crippen molar-refractivity contribution in [3.8, 4) is 22.7 Å². The Morgan fingerprint density at radius 1 is 1.05 bits per heavy atom. The summed E-state index contributed by atoms with van der Waals surface area (Å²) in [7, 11) is 0. The molecule has 0 bridgehead atoms. The zero-order chi connectivity index (χ0) is 27.8. The molecule has 1 aliphatic heterocycles. The number of unbranched alkanes of at least 4 members (excludes halogenated alkanes) is 1. The van der Waals surface area contributed by atoms with E-state index in [1.54, 1.807) is 4.90 Å².